The van der Waals surface area contributed by atoms with E-state index in [-0.39, 0.29) is 0 Å². The summed E-state index contributed by atoms with van der Waals surface area (Å²) in [7, 11) is 1.81. The lowest BCUT2D eigenvalue weighted by molar-refractivity contribution is -0.146. The van der Waals surface area contributed by atoms with E-state index in [1.54, 1.807) is 0 Å². The number of hydrogen-bond acceptors (Lipinski definition) is 3. The van der Waals surface area contributed by atoms with Crippen LogP contribution in [0.15, 0.2) is 0 Å². The molecule has 0 aliphatic heterocycles. The van der Waals surface area contributed by atoms with E-state index in [2.05, 4.69) is 20.8 Å². The zero-order chi connectivity index (χ0) is 18.3. The molecule has 2 N–H and O–H groups in total. The topological polar surface area (TPSA) is 66.8 Å². The van der Waals surface area contributed by atoms with Crippen LogP contribution >= 0.6 is 0 Å². The Kier molecular flexibility index (Phi) is 9.28. The molecule has 7 atom stereocenters. The van der Waals surface area contributed by atoms with Gasteiger partial charge in [-0.1, -0.05) is 34.1 Å². The molecule has 1 aliphatic carbocycles. The molecule has 0 heterocycles. The number of carboxylic acids is 1. The van der Waals surface area contributed by atoms with Crippen molar-refractivity contribution in [2.45, 2.75) is 84.8 Å². The fraction of sp³-hybridized carbons (Fsp3) is 0.950. The van der Waals surface area contributed by atoms with Gasteiger partial charge in [-0.15, -0.1) is 0 Å². The van der Waals surface area contributed by atoms with Gasteiger partial charge in [-0.05, 0) is 62.2 Å². The molecule has 0 aromatic heterocycles. The summed E-state index contributed by atoms with van der Waals surface area (Å²) in [5.74, 6) is 1.23. The molecule has 0 bridgehead atoms. The molecular weight excluding hydrogens is 304 g/mol. The van der Waals surface area contributed by atoms with Crippen molar-refractivity contribution in [1.29, 1.82) is 0 Å². The molecule has 1 fully saturated rings. The Labute approximate surface area is 148 Å². The molecule has 1 rings (SSSR count). The Bertz CT molecular complexity index is 371. The number of ether oxygens (including phenoxy) is 1. The lowest BCUT2D eigenvalue weighted by Gasteiger charge is -2.23. The minimum atomic E-state index is -0.874. The summed E-state index contributed by atoms with van der Waals surface area (Å²) in [6.07, 6.45) is 6.43. The van der Waals surface area contributed by atoms with Gasteiger partial charge in [0.25, 0.3) is 0 Å². The van der Waals surface area contributed by atoms with Crippen LogP contribution in [0.25, 0.3) is 0 Å². The zero-order valence-corrected chi connectivity index (χ0v) is 16.2. The normalized spacial score (nSPS) is 26.4. The molecule has 0 saturated heterocycles. The van der Waals surface area contributed by atoms with Crippen LogP contribution in [0.1, 0.15) is 72.6 Å². The molecule has 24 heavy (non-hydrogen) atoms. The van der Waals surface area contributed by atoms with Crippen molar-refractivity contribution in [2.75, 3.05) is 7.11 Å². The standard InChI is InChI=1S/C20H38O4/c1-6-13(3)19(24-5)11-8-14(4)17-12-15(17)9-10-18(21)16(7-2)20(22)23/h13-19,21H,6-12H2,1-5H3,(H,22,23). The van der Waals surface area contributed by atoms with Gasteiger partial charge in [0.2, 0.25) is 0 Å². The van der Waals surface area contributed by atoms with Crippen molar-refractivity contribution < 1.29 is 19.7 Å². The molecule has 0 aromatic rings. The first-order chi connectivity index (χ1) is 11.3. The Hall–Kier alpha value is -0.610. The van der Waals surface area contributed by atoms with E-state index in [0.717, 1.165) is 25.2 Å². The minimum Gasteiger partial charge on any atom is -0.481 e. The third kappa shape index (κ3) is 6.36. The average molecular weight is 343 g/mol. The molecule has 4 heteroatoms. The first-order valence-electron chi connectivity index (χ1n) is 9.79. The lowest BCUT2D eigenvalue weighted by Crippen LogP contribution is -2.27. The number of carboxylic acid groups (broad SMARTS) is 1. The predicted octanol–water partition coefficient (Wildman–Crippen LogP) is 4.35. The maximum absolute atomic E-state index is 11.1. The second-order valence-electron chi connectivity index (χ2n) is 7.87. The number of carbonyl (C=O) groups is 1. The second kappa shape index (κ2) is 10.4. The van der Waals surface area contributed by atoms with Gasteiger partial charge in [-0.2, -0.15) is 0 Å². The van der Waals surface area contributed by atoms with E-state index in [0.29, 0.717) is 36.7 Å². The lowest BCUT2D eigenvalue weighted by atomic mass is 9.90. The summed E-state index contributed by atoms with van der Waals surface area (Å²) in [4.78, 5) is 11.1. The zero-order valence-electron chi connectivity index (χ0n) is 16.2. The largest absolute Gasteiger partial charge is 0.481 e. The third-order valence-electron chi connectivity index (χ3n) is 6.25. The number of aliphatic hydroxyl groups excluding tert-OH is 1. The summed E-state index contributed by atoms with van der Waals surface area (Å²) in [6.45, 7) is 8.62. The fourth-order valence-electron chi connectivity index (χ4n) is 4.04. The van der Waals surface area contributed by atoms with Gasteiger partial charge in [0.05, 0.1) is 18.1 Å². The van der Waals surface area contributed by atoms with Gasteiger partial charge >= 0.3 is 5.97 Å². The van der Waals surface area contributed by atoms with Gasteiger partial charge in [0.15, 0.2) is 0 Å². The summed E-state index contributed by atoms with van der Waals surface area (Å²) in [6, 6.07) is 0. The second-order valence-corrected chi connectivity index (χ2v) is 7.87. The third-order valence-corrected chi connectivity index (χ3v) is 6.25. The molecular formula is C20H38O4. The van der Waals surface area contributed by atoms with Crippen LogP contribution in [0.2, 0.25) is 0 Å². The van der Waals surface area contributed by atoms with Crippen LogP contribution in [0, 0.1) is 29.6 Å². The summed E-state index contributed by atoms with van der Waals surface area (Å²) in [5.41, 5.74) is 0. The Balaban J connectivity index is 2.28. The summed E-state index contributed by atoms with van der Waals surface area (Å²) >= 11 is 0. The average Bonchev–Trinajstić information content (AvgIpc) is 3.33. The molecule has 142 valence electrons. The van der Waals surface area contributed by atoms with Crippen molar-refractivity contribution >= 4 is 5.97 Å². The minimum absolute atomic E-state index is 0.359. The Morgan fingerprint density at radius 2 is 1.83 bits per heavy atom. The predicted molar refractivity (Wildman–Crippen MR) is 96.9 cm³/mol. The molecule has 4 nitrogen and oxygen atoms in total. The Morgan fingerprint density at radius 1 is 1.17 bits per heavy atom. The van der Waals surface area contributed by atoms with Crippen LogP contribution in [0.5, 0.6) is 0 Å². The summed E-state index contributed by atoms with van der Waals surface area (Å²) in [5, 5.41) is 19.2. The van der Waals surface area contributed by atoms with Crippen LogP contribution in [0.4, 0.5) is 0 Å². The van der Waals surface area contributed by atoms with Crippen LogP contribution in [0.3, 0.4) is 0 Å². The highest BCUT2D eigenvalue weighted by atomic mass is 16.5. The first-order valence-corrected chi connectivity index (χ1v) is 9.79. The number of hydrogen-bond donors (Lipinski definition) is 2. The van der Waals surface area contributed by atoms with E-state index >= 15 is 0 Å². The molecule has 1 aliphatic rings. The quantitative estimate of drug-likeness (QED) is 0.522. The van der Waals surface area contributed by atoms with Crippen molar-refractivity contribution in [3.63, 3.8) is 0 Å². The number of methoxy groups -OCH3 is 1. The van der Waals surface area contributed by atoms with Crippen molar-refractivity contribution in [3.8, 4) is 0 Å². The highest BCUT2D eigenvalue weighted by Gasteiger charge is 2.41. The SMILES string of the molecule is CCC(C)C(CCC(C)C1CC1CCC(O)C(CC)C(=O)O)OC. The molecule has 0 aromatic carbocycles. The van der Waals surface area contributed by atoms with E-state index in [9.17, 15) is 9.90 Å². The molecule has 0 spiro atoms. The smallest absolute Gasteiger partial charge is 0.309 e. The van der Waals surface area contributed by atoms with Crippen molar-refractivity contribution in [3.05, 3.63) is 0 Å². The first kappa shape index (κ1) is 21.4. The summed E-state index contributed by atoms with van der Waals surface area (Å²) < 4.78 is 5.63. The van der Waals surface area contributed by atoms with Crippen molar-refractivity contribution in [2.24, 2.45) is 29.6 Å². The van der Waals surface area contributed by atoms with Crippen molar-refractivity contribution in [1.82, 2.24) is 0 Å². The number of rotatable bonds is 13. The highest BCUT2D eigenvalue weighted by molar-refractivity contribution is 5.70. The van der Waals surface area contributed by atoms with Gasteiger partial charge in [0, 0.05) is 7.11 Å². The Morgan fingerprint density at radius 3 is 2.33 bits per heavy atom. The van der Waals surface area contributed by atoms with Gasteiger partial charge in [0.1, 0.15) is 0 Å². The van der Waals surface area contributed by atoms with E-state index in [1.807, 2.05) is 14.0 Å². The van der Waals surface area contributed by atoms with Crippen LogP contribution in [-0.4, -0.2) is 35.5 Å². The van der Waals surface area contributed by atoms with Gasteiger partial charge in [-0.3, -0.25) is 4.79 Å². The van der Waals surface area contributed by atoms with E-state index in [4.69, 9.17) is 9.84 Å². The van der Waals surface area contributed by atoms with E-state index < -0.39 is 18.0 Å². The van der Waals surface area contributed by atoms with Crippen LogP contribution in [-0.2, 0) is 9.53 Å². The van der Waals surface area contributed by atoms with Crippen LogP contribution < -0.4 is 0 Å². The van der Waals surface area contributed by atoms with Gasteiger partial charge in [-0.25, -0.2) is 0 Å². The molecule has 1 saturated carbocycles. The monoisotopic (exact) mass is 342 g/mol. The van der Waals surface area contributed by atoms with E-state index in [1.165, 1.54) is 12.8 Å². The maximum Gasteiger partial charge on any atom is 0.309 e. The van der Waals surface area contributed by atoms with Gasteiger partial charge < -0.3 is 14.9 Å². The molecule has 0 radical (unpaired) electrons. The number of aliphatic carboxylic acids is 1. The fourth-order valence-corrected chi connectivity index (χ4v) is 4.04. The molecule has 7 unspecified atom stereocenters. The highest BCUT2D eigenvalue weighted by Crippen LogP contribution is 2.49. The molecule has 0 amide bonds. The number of aliphatic hydroxyl groups is 1. The maximum atomic E-state index is 11.1.